The summed E-state index contributed by atoms with van der Waals surface area (Å²) in [6.45, 7) is 1.97. The lowest BCUT2D eigenvalue weighted by Gasteiger charge is -2.29. The van der Waals surface area contributed by atoms with Gasteiger partial charge in [-0.05, 0) is 31.1 Å². The van der Waals surface area contributed by atoms with Crippen molar-refractivity contribution in [3.8, 4) is 0 Å². The van der Waals surface area contributed by atoms with Crippen LogP contribution in [0.4, 0.5) is 0 Å². The quantitative estimate of drug-likeness (QED) is 0.866. The van der Waals surface area contributed by atoms with Crippen LogP contribution < -0.4 is 5.73 Å². The molecule has 3 atom stereocenters. The van der Waals surface area contributed by atoms with Gasteiger partial charge in [0.2, 0.25) is 0 Å². The van der Waals surface area contributed by atoms with E-state index in [0.29, 0.717) is 30.0 Å². The molecule has 2 aliphatic heterocycles. The first-order valence-corrected chi connectivity index (χ1v) is 9.31. The minimum absolute atomic E-state index is 0.153. The van der Waals surface area contributed by atoms with E-state index in [4.69, 9.17) is 5.73 Å². The van der Waals surface area contributed by atoms with Crippen molar-refractivity contribution >= 4 is 10.0 Å². The zero-order chi connectivity index (χ0) is 14.6. The van der Waals surface area contributed by atoms with Crippen LogP contribution in [0.5, 0.6) is 0 Å². The summed E-state index contributed by atoms with van der Waals surface area (Å²) in [6, 6.07) is 0.153. The molecule has 7 heteroatoms. The average Bonchev–Trinajstić information content (AvgIpc) is 3.13. The minimum Gasteiger partial charge on any atom is -0.327 e. The predicted molar refractivity (Wildman–Crippen MR) is 78.1 cm³/mol. The predicted octanol–water partition coefficient (Wildman–Crippen LogP) is 0.577. The smallest absolute Gasteiger partial charge is 0.260 e. The van der Waals surface area contributed by atoms with Crippen molar-refractivity contribution < 1.29 is 8.42 Å². The van der Waals surface area contributed by atoms with Crippen LogP contribution in [0.25, 0.3) is 0 Å². The van der Waals surface area contributed by atoms with Crippen molar-refractivity contribution in [1.82, 2.24) is 13.9 Å². The Morgan fingerprint density at radius 2 is 2.10 bits per heavy atom. The van der Waals surface area contributed by atoms with Crippen molar-refractivity contribution in [3.63, 3.8) is 0 Å². The highest BCUT2D eigenvalue weighted by molar-refractivity contribution is 7.89. The third-order valence-electron chi connectivity index (χ3n) is 5.41. The summed E-state index contributed by atoms with van der Waals surface area (Å²) in [6.07, 6.45) is 6.66. The van der Waals surface area contributed by atoms with E-state index in [9.17, 15) is 8.42 Å². The fourth-order valence-electron chi connectivity index (χ4n) is 4.24. The van der Waals surface area contributed by atoms with E-state index in [1.54, 1.807) is 4.31 Å². The van der Waals surface area contributed by atoms with Crippen LogP contribution in [0.15, 0.2) is 11.2 Å². The number of aromatic nitrogens is 2. The summed E-state index contributed by atoms with van der Waals surface area (Å²) < 4.78 is 29.4. The molecule has 1 saturated carbocycles. The average molecular weight is 310 g/mol. The fourth-order valence-corrected chi connectivity index (χ4v) is 5.92. The summed E-state index contributed by atoms with van der Waals surface area (Å²) in [5.41, 5.74) is 6.20. The highest BCUT2D eigenvalue weighted by atomic mass is 32.2. The SMILES string of the molecule is NC1CCCC2CN(S(=O)(=O)c3cnc4n3CCC4)CC12. The highest BCUT2D eigenvalue weighted by Gasteiger charge is 2.44. The van der Waals surface area contributed by atoms with Gasteiger partial charge in [-0.1, -0.05) is 6.42 Å². The molecule has 0 amide bonds. The molecular formula is C14H22N4O2S. The van der Waals surface area contributed by atoms with Crippen LogP contribution in [0, 0.1) is 11.8 Å². The minimum atomic E-state index is -3.42. The zero-order valence-electron chi connectivity index (χ0n) is 12.1. The van der Waals surface area contributed by atoms with Crippen molar-refractivity contribution in [2.75, 3.05) is 13.1 Å². The van der Waals surface area contributed by atoms with Crippen LogP contribution in [-0.4, -0.2) is 41.4 Å². The Balaban J connectivity index is 1.63. The molecule has 3 unspecified atom stereocenters. The van der Waals surface area contributed by atoms with Gasteiger partial charge in [-0.2, -0.15) is 4.31 Å². The normalized spacial score (nSPS) is 33.1. The molecule has 116 valence electrons. The standard InChI is InChI=1S/C14H22N4O2S/c15-12-4-1-3-10-8-17(9-11(10)12)21(19,20)14-7-16-13-5-2-6-18(13)14/h7,10-12H,1-6,8-9,15H2. The Bertz CT molecular complexity index is 654. The monoisotopic (exact) mass is 310 g/mol. The molecule has 4 rings (SSSR count). The third kappa shape index (κ3) is 2.05. The van der Waals surface area contributed by atoms with Crippen LogP contribution >= 0.6 is 0 Å². The van der Waals surface area contributed by atoms with Gasteiger partial charge >= 0.3 is 0 Å². The van der Waals surface area contributed by atoms with E-state index < -0.39 is 10.0 Å². The number of aryl methyl sites for hydroxylation is 1. The highest BCUT2D eigenvalue weighted by Crippen LogP contribution is 2.38. The molecule has 6 nitrogen and oxygen atoms in total. The van der Waals surface area contributed by atoms with E-state index in [1.807, 2.05) is 4.57 Å². The molecule has 0 radical (unpaired) electrons. The number of imidazole rings is 1. The van der Waals surface area contributed by atoms with Crippen LogP contribution in [-0.2, 0) is 23.0 Å². The number of sulfonamides is 1. The molecule has 1 saturated heterocycles. The Morgan fingerprint density at radius 3 is 2.90 bits per heavy atom. The Morgan fingerprint density at radius 1 is 1.24 bits per heavy atom. The molecular weight excluding hydrogens is 288 g/mol. The lowest BCUT2D eigenvalue weighted by molar-refractivity contribution is 0.260. The van der Waals surface area contributed by atoms with Crippen molar-refractivity contribution in [1.29, 1.82) is 0 Å². The first kappa shape index (κ1) is 13.7. The van der Waals surface area contributed by atoms with Gasteiger partial charge in [0.1, 0.15) is 5.82 Å². The molecule has 2 N–H and O–H groups in total. The van der Waals surface area contributed by atoms with Crippen molar-refractivity contribution in [2.24, 2.45) is 17.6 Å². The summed E-state index contributed by atoms with van der Waals surface area (Å²) in [7, 11) is -3.42. The second-order valence-electron chi connectivity index (χ2n) is 6.61. The topological polar surface area (TPSA) is 81.2 Å². The number of nitrogens with two attached hydrogens (primary N) is 1. The molecule has 1 aromatic rings. The lowest BCUT2D eigenvalue weighted by atomic mass is 9.78. The van der Waals surface area contributed by atoms with Crippen molar-refractivity contribution in [2.45, 2.75) is 49.7 Å². The van der Waals surface area contributed by atoms with Crippen LogP contribution in [0.1, 0.15) is 31.5 Å². The summed E-state index contributed by atoms with van der Waals surface area (Å²) >= 11 is 0. The van der Waals surface area contributed by atoms with Crippen molar-refractivity contribution in [3.05, 3.63) is 12.0 Å². The molecule has 1 aliphatic carbocycles. The van der Waals surface area contributed by atoms with Gasteiger partial charge in [0.25, 0.3) is 10.0 Å². The maximum Gasteiger partial charge on any atom is 0.260 e. The third-order valence-corrected chi connectivity index (χ3v) is 7.24. The summed E-state index contributed by atoms with van der Waals surface area (Å²) in [5.74, 6) is 1.67. The van der Waals surface area contributed by atoms with E-state index in [2.05, 4.69) is 4.98 Å². The maximum absolute atomic E-state index is 12.9. The molecule has 3 heterocycles. The summed E-state index contributed by atoms with van der Waals surface area (Å²) in [4.78, 5) is 4.27. The molecule has 0 aromatic carbocycles. The van der Waals surface area contributed by atoms with Gasteiger partial charge in [0.05, 0.1) is 6.20 Å². The molecule has 1 aromatic heterocycles. The molecule has 0 spiro atoms. The number of hydrogen-bond acceptors (Lipinski definition) is 4. The van der Waals surface area contributed by atoms with Gasteiger partial charge < -0.3 is 10.3 Å². The molecule has 21 heavy (non-hydrogen) atoms. The van der Waals surface area contributed by atoms with E-state index in [0.717, 1.165) is 44.5 Å². The van der Waals surface area contributed by atoms with Gasteiger partial charge in [-0.15, -0.1) is 0 Å². The second-order valence-corrected chi connectivity index (χ2v) is 8.49. The lowest BCUT2D eigenvalue weighted by Crippen LogP contribution is -2.38. The Labute approximate surface area is 125 Å². The Kier molecular flexibility index (Phi) is 3.13. The number of fused-ring (bicyclic) bond motifs is 2. The number of hydrogen-bond donors (Lipinski definition) is 1. The van der Waals surface area contributed by atoms with Crippen LogP contribution in [0.2, 0.25) is 0 Å². The van der Waals surface area contributed by atoms with E-state index in [-0.39, 0.29) is 6.04 Å². The van der Waals surface area contributed by atoms with E-state index in [1.165, 1.54) is 6.20 Å². The second kappa shape index (κ2) is 4.79. The Hall–Kier alpha value is -0.920. The van der Waals surface area contributed by atoms with Crippen LogP contribution in [0.3, 0.4) is 0 Å². The number of nitrogens with zero attached hydrogens (tertiary/aromatic N) is 3. The van der Waals surface area contributed by atoms with Gasteiger partial charge in [0, 0.05) is 32.1 Å². The molecule has 0 bridgehead atoms. The van der Waals surface area contributed by atoms with Gasteiger partial charge in [-0.25, -0.2) is 13.4 Å². The van der Waals surface area contributed by atoms with E-state index >= 15 is 0 Å². The molecule has 2 fully saturated rings. The largest absolute Gasteiger partial charge is 0.327 e. The van der Waals surface area contributed by atoms with Gasteiger partial charge in [0.15, 0.2) is 5.03 Å². The zero-order valence-corrected chi connectivity index (χ0v) is 12.9. The fraction of sp³-hybridized carbons (Fsp3) is 0.786. The van der Waals surface area contributed by atoms with Gasteiger partial charge in [-0.3, -0.25) is 0 Å². The molecule has 3 aliphatic rings. The first-order chi connectivity index (χ1) is 10.1. The number of rotatable bonds is 2. The summed E-state index contributed by atoms with van der Waals surface area (Å²) in [5, 5.41) is 0.377. The first-order valence-electron chi connectivity index (χ1n) is 7.87. The maximum atomic E-state index is 12.9.